The van der Waals surface area contributed by atoms with Crippen LogP contribution in [0.5, 0.6) is 0 Å². The van der Waals surface area contributed by atoms with E-state index in [-0.39, 0.29) is 6.04 Å². The molecule has 1 N–H and O–H groups in total. The van der Waals surface area contributed by atoms with E-state index < -0.39 is 10.0 Å². The Hall–Kier alpha value is -1.15. The molecule has 7 heteroatoms. The van der Waals surface area contributed by atoms with Crippen molar-refractivity contribution < 1.29 is 8.42 Å². The van der Waals surface area contributed by atoms with Crippen LogP contribution in [-0.4, -0.2) is 37.5 Å². The van der Waals surface area contributed by atoms with Gasteiger partial charge in [-0.05, 0) is 49.5 Å². The standard InChI is InChI=1S/C17H25N3O2S2/c1-19-10-6-8-15(19)16(20-11-4-2-3-5-12-20)14-18-24(21,22)17-9-7-13-23-17/h6-10,13,16,18H,2-5,11-12,14H2,1H3. The average molecular weight is 368 g/mol. The van der Waals surface area contributed by atoms with Crippen LogP contribution in [0.1, 0.15) is 37.4 Å². The fourth-order valence-electron chi connectivity index (χ4n) is 3.32. The third kappa shape index (κ3) is 4.08. The number of aromatic nitrogens is 1. The normalized spacial score (nSPS) is 18.4. The Morgan fingerprint density at radius 2 is 1.92 bits per heavy atom. The third-order valence-electron chi connectivity index (χ3n) is 4.63. The molecule has 1 unspecified atom stereocenters. The van der Waals surface area contributed by atoms with E-state index in [4.69, 9.17) is 0 Å². The molecule has 24 heavy (non-hydrogen) atoms. The number of hydrogen-bond donors (Lipinski definition) is 1. The van der Waals surface area contributed by atoms with Crippen LogP contribution < -0.4 is 4.72 Å². The van der Waals surface area contributed by atoms with E-state index in [1.54, 1.807) is 17.5 Å². The highest BCUT2D eigenvalue weighted by molar-refractivity contribution is 7.91. The van der Waals surface area contributed by atoms with Gasteiger partial charge in [0.1, 0.15) is 4.21 Å². The second kappa shape index (κ2) is 7.82. The predicted molar refractivity (Wildman–Crippen MR) is 97.7 cm³/mol. The highest BCUT2D eigenvalue weighted by Crippen LogP contribution is 2.25. The first-order valence-electron chi connectivity index (χ1n) is 8.46. The average Bonchev–Trinajstić information content (AvgIpc) is 3.16. The Labute approximate surface area is 148 Å². The smallest absolute Gasteiger partial charge is 0.250 e. The Kier molecular flexibility index (Phi) is 5.76. The monoisotopic (exact) mass is 367 g/mol. The maximum Gasteiger partial charge on any atom is 0.250 e. The van der Waals surface area contributed by atoms with Crippen molar-refractivity contribution in [3.63, 3.8) is 0 Å². The lowest BCUT2D eigenvalue weighted by Gasteiger charge is -2.31. The topological polar surface area (TPSA) is 54.3 Å². The maximum absolute atomic E-state index is 12.5. The number of rotatable bonds is 6. The highest BCUT2D eigenvalue weighted by atomic mass is 32.2. The van der Waals surface area contributed by atoms with E-state index in [0.29, 0.717) is 10.8 Å². The summed E-state index contributed by atoms with van der Waals surface area (Å²) in [5.41, 5.74) is 1.16. The minimum atomic E-state index is -3.43. The molecule has 3 heterocycles. The largest absolute Gasteiger partial charge is 0.353 e. The number of aryl methyl sites for hydroxylation is 1. The molecule has 5 nitrogen and oxygen atoms in total. The van der Waals surface area contributed by atoms with Gasteiger partial charge in [-0.3, -0.25) is 4.90 Å². The quantitative estimate of drug-likeness (QED) is 0.854. The first-order valence-corrected chi connectivity index (χ1v) is 10.8. The summed E-state index contributed by atoms with van der Waals surface area (Å²) >= 11 is 1.25. The van der Waals surface area contributed by atoms with E-state index >= 15 is 0 Å². The zero-order valence-electron chi connectivity index (χ0n) is 14.0. The van der Waals surface area contributed by atoms with Crippen LogP contribution in [0.2, 0.25) is 0 Å². The number of nitrogens with one attached hydrogen (secondary N) is 1. The van der Waals surface area contributed by atoms with Crippen LogP contribution in [0.3, 0.4) is 0 Å². The molecule has 0 amide bonds. The molecule has 0 bridgehead atoms. The molecule has 1 aliphatic heterocycles. The van der Waals surface area contributed by atoms with Gasteiger partial charge in [-0.15, -0.1) is 11.3 Å². The molecule has 1 aliphatic rings. The lowest BCUT2D eigenvalue weighted by atomic mass is 10.1. The lowest BCUT2D eigenvalue weighted by Crippen LogP contribution is -2.39. The second-order valence-corrected chi connectivity index (χ2v) is 9.24. The highest BCUT2D eigenvalue weighted by Gasteiger charge is 2.26. The van der Waals surface area contributed by atoms with Gasteiger partial charge >= 0.3 is 0 Å². The van der Waals surface area contributed by atoms with Crippen molar-refractivity contribution in [1.82, 2.24) is 14.2 Å². The van der Waals surface area contributed by atoms with Crippen molar-refractivity contribution in [2.45, 2.75) is 35.9 Å². The van der Waals surface area contributed by atoms with Crippen molar-refractivity contribution in [1.29, 1.82) is 0 Å². The molecule has 2 aromatic rings. The van der Waals surface area contributed by atoms with Crippen molar-refractivity contribution in [3.8, 4) is 0 Å². The summed E-state index contributed by atoms with van der Waals surface area (Å²) in [6, 6.07) is 7.60. The number of sulfonamides is 1. The van der Waals surface area contributed by atoms with Crippen LogP contribution in [0.4, 0.5) is 0 Å². The van der Waals surface area contributed by atoms with Crippen LogP contribution in [-0.2, 0) is 17.1 Å². The van der Waals surface area contributed by atoms with Crippen LogP contribution >= 0.6 is 11.3 Å². The number of likely N-dealkylation sites (tertiary alicyclic amines) is 1. The van der Waals surface area contributed by atoms with Crippen LogP contribution in [0, 0.1) is 0 Å². The van der Waals surface area contributed by atoms with Gasteiger partial charge in [-0.25, -0.2) is 13.1 Å². The molecule has 1 saturated heterocycles. The molecular formula is C17H25N3O2S2. The van der Waals surface area contributed by atoms with Gasteiger partial charge in [-0.2, -0.15) is 0 Å². The Bertz CT molecular complexity index is 730. The molecule has 1 atom stereocenters. The van der Waals surface area contributed by atoms with Gasteiger partial charge in [0.2, 0.25) is 10.0 Å². The molecule has 0 spiro atoms. The second-order valence-electron chi connectivity index (χ2n) is 6.29. The molecule has 0 aliphatic carbocycles. The number of nitrogens with zero attached hydrogens (tertiary/aromatic N) is 2. The summed E-state index contributed by atoms with van der Waals surface area (Å²) < 4.78 is 30.2. The minimum Gasteiger partial charge on any atom is -0.353 e. The summed E-state index contributed by atoms with van der Waals surface area (Å²) in [6.45, 7) is 2.45. The summed E-state index contributed by atoms with van der Waals surface area (Å²) in [6.07, 6.45) is 6.90. The van der Waals surface area contributed by atoms with Gasteiger partial charge in [-0.1, -0.05) is 18.9 Å². The minimum absolute atomic E-state index is 0.0674. The summed E-state index contributed by atoms with van der Waals surface area (Å²) in [5, 5.41) is 1.79. The summed E-state index contributed by atoms with van der Waals surface area (Å²) in [7, 11) is -1.41. The molecular weight excluding hydrogens is 342 g/mol. The van der Waals surface area contributed by atoms with E-state index in [9.17, 15) is 8.42 Å². The van der Waals surface area contributed by atoms with E-state index in [1.165, 1.54) is 37.0 Å². The molecule has 0 radical (unpaired) electrons. The first kappa shape index (κ1) is 17.7. The van der Waals surface area contributed by atoms with Crippen molar-refractivity contribution in [3.05, 3.63) is 41.5 Å². The molecule has 0 aromatic carbocycles. The predicted octanol–water partition coefficient (Wildman–Crippen LogP) is 2.98. The zero-order chi connectivity index (χ0) is 17.0. The first-order chi connectivity index (χ1) is 11.6. The molecule has 132 valence electrons. The molecule has 2 aromatic heterocycles. The van der Waals surface area contributed by atoms with E-state index in [2.05, 4.69) is 20.3 Å². The van der Waals surface area contributed by atoms with Gasteiger partial charge < -0.3 is 4.57 Å². The van der Waals surface area contributed by atoms with Crippen LogP contribution in [0.25, 0.3) is 0 Å². The van der Waals surface area contributed by atoms with Crippen molar-refractivity contribution in [2.24, 2.45) is 7.05 Å². The Balaban J connectivity index is 1.79. The maximum atomic E-state index is 12.5. The SMILES string of the molecule is Cn1cccc1C(CNS(=O)(=O)c1cccs1)N1CCCCCC1. The number of hydrogen-bond acceptors (Lipinski definition) is 4. The van der Waals surface area contributed by atoms with Gasteiger partial charge in [0.05, 0.1) is 6.04 Å². The fraction of sp³-hybridized carbons (Fsp3) is 0.529. The van der Waals surface area contributed by atoms with Crippen LogP contribution in [0.15, 0.2) is 40.1 Å². The molecule has 0 saturated carbocycles. The van der Waals surface area contributed by atoms with Gasteiger partial charge in [0, 0.05) is 25.5 Å². The number of thiophene rings is 1. The van der Waals surface area contributed by atoms with Gasteiger partial charge in [0.15, 0.2) is 0 Å². The Morgan fingerprint density at radius 1 is 1.17 bits per heavy atom. The zero-order valence-corrected chi connectivity index (χ0v) is 15.7. The van der Waals surface area contributed by atoms with E-state index in [0.717, 1.165) is 18.8 Å². The van der Waals surface area contributed by atoms with E-state index in [1.807, 2.05) is 19.3 Å². The lowest BCUT2D eigenvalue weighted by molar-refractivity contribution is 0.199. The molecule has 1 fully saturated rings. The Morgan fingerprint density at radius 3 is 2.50 bits per heavy atom. The summed E-state index contributed by atoms with van der Waals surface area (Å²) in [5.74, 6) is 0. The van der Waals surface area contributed by atoms with Gasteiger partial charge in [0.25, 0.3) is 0 Å². The molecule has 3 rings (SSSR count). The van der Waals surface area contributed by atoms with Crippen molar-refractivity contribution >= 4 is 21.4 Å². The van der Waals surface area contributed by atoms with Crippen molar-refractivity contribution in [2.75, 3.05) is 19.6 Å². The fourth-order valence-corrected chi connectivity index (χ4v) is 5.40. The summed E-state index contributed by atoms with van der Waals surface area (Å²) in [4.78, 5) is 2.43. The third-order valence-corrected chi connectivity index (χ3v) is 7.45.